The molecule has 0 aliphatic rings. The van der Waals surface area contributed by atoms with Gasteiger partial charge in [0.1, 0.15) is 18.2 Å². The second kappa shape index (κ2) is 5.60. The van der Waals surface area contributed by atoms with Gasteiger partial charge >= 0.3 is 0 Å². The molecule has 0 saturated heterocycles. The number of hydrogen-bond acceptors (Lipinski definition) is 2. The zero-order valence-electron chi connectivity index (χ0n) is 8.66. The van der Waals surface area contributed by atoms with Crippen molar-refractivity contribution < 1.29 is 9.13 Å². The fourth-order valence-electron chi connectivity index (χ4n) is 1.22. The predicted molar refractivity (Wildman–Crippen MR) is 70.4 cm³/mol. The molecule has 17 heavy (non-hydrogen) atoms. The van der Waals surface area contributed by atoms with E-state index in [0.717, 1.165) is 10.2 Å². The van der Waals surface area contributed by atoms with E-state index in [0.29, 0.717) is 16.8 Å². The molecular formula is C12H8Br2FNO. The van der Waals surface area contributed by atoms with Crippen LogP contribution in [0.2, 0.25) is 0 Å². The summed E-state index contributed by atoms with van der Waals surface area (Å²) in [7, 11) is 0. The third-order valence-corrected chi connectivity index (χ3v) is 3.14. The van der Waals surface area contributed by atoms with E-state index in [-0.39, 0.29) is 5.82 Å². The highest BCUT2D eigenvalue weighted by molar-refractivity contribution is 9.10. The molecule has 1 aromatic heterocycles. The zero-order valence-corrected chi connectivity index (χ0v) is 11.8. The maximum Gasteiger partial charge on any atom is 0.137 e. The van der Waals surface area contributed by atoms with Crippen molar-refractivity contribution in [1.29, 1.82) is 0 Å². The summed E-state index contributed by atoms with van der Waals surface area (Å²) >= 11 is 6.41. The van der Waals surface area contributed by atoms with Crippen LogP contribution in [0.5, 0.6) is 5.75 Å². The van der Waals surface area contributed by atoms with E-state index in [4.69, 9.17) is 4.74 Å². The highest BCUT2D eigenvalue weighted by atomic mass is 79.9. The van der Waals surface area contributed by atoms with E-state index >= 15 is 0 Å². The highest BCUT2D eigenvalue weighted by Crippen LogP contribution is 2.22. The Balaban J connectivity index is 2.02. The minimum Gasteiger partial charge on any atom is -0.487 e. The second-order valence-corrected chi connectivity index (χ2v) is 5.10. The first-order valence-corrected chi connectivity index (χ1v) is 6.42. The van der Waals surface area contributed by atoms with E-state index in [1.54, 1.807) is 18.3 Å². The van der Waals surface area contributed by atoms with Crippen molar-refractivity contribution in [1.82, 2.24) is 4.98 Å². The minimum absolute atomic E-state index is 0.306. The number of rotatable bonds is 3. The van der Waals surface area contributed by atoms with Crippen molar-refractivity contribution in [3.8, 4) is 5.75 Å². The van der Waals surface area contributed by atoms with Gasteiger partial charge in [0.05, 0.1) is 10.2 Å². The van der Waals surface area contributed by atoms with Gasteiger partial charge in [0.2, 0.25) is 0 Å². The van der Waals surface area contributed by atoms with E-state index in [2.05, 4.69) is 36.8 Å². The van der Waals surface area contributed by atoms with Crippen molar-refractivity contribution >= 4 is 31.9 Å². The van der Waals surface area contributed by atoms with Crippen molar-refractivity contribution in [2.24, 2.45) is 0 Å². The Labute approximate surface area is 115 Å². The lowest BCUT2D eigenvalue weighted by Gasteiger charge is -2.06. The molecule has 0 aliphatic heterocycles. The van der Waals surface area contributed by atoms with Gasteiger partial charge in [-0.3, -0.25) is 4.98 Å². The minimum atomic E-state index is -0.306. The number of hydrogen-bond donors (Lipinski definition) is 0. The van der Waals surface area contributed by atoms with E-state index in [9.17, 15) is 4.39 Å². The first-order valence-electron chi connectivity index (χ1n) is 4.83. The molecule has 0 spiro atoms. The Morgan fingerprint density at radius 2 is 2.00 bits per heavy atom. The van der Waals surface area contributed by atoms with Gasteiger partial charge in [0.25, 0.3) is 0 Å². The molecule has 1 aromatic carbocycles. The van der Waals surface area contributed by atoms with Crippen LogP contribution >= 0.6 is 31.9 Å². The Hall–Kier alpha value is -0.940. The van der Waals surface area contributed by atoms with Crippen LogP contribution in [0, 0.1) is 5.82 Å². The number of ether oxygens (including phenoxy) is 1. The van der Waals surface area contributed by atoms with Crippen molar-refractivity contribution in [3.63, 3.8) is 0 Å². The highest BCUT2D eigenvalue weighted by Gasteiger charge is 2.02. The molecule has 0 amide bonds. The van der Waals surface area contributed by atoms with Gasteiger partial charge in [0.15, 0.2) is 0 Å². The summed E-state index contributed by atoms with van der Waals surface area (Å²) < 4.78 is 19.8. The molecule has 0 atom stereocenters. The summed E-state index contributed by atoms with van der Waals surface area (Å²) in [6.45, 7) is 0.353. The van der Waals surface area contributed by atoms with Crippen LogP contribution in [-0.4, -0.2) is 4.98 Å². The Kier molecular flexibility index (Phi) is 4.12. The molecule has 0 unspecified atom stereocenters. The topological polar surface area (TPSA) is 22.1 Å². The summed E-state index contributed by atoms with van der Waals surface area (Å²) in [5, 5.41) is 0. The largest absolute Gasteiger partial charge is 0.487 e. The summed E-state index contributed by atoms with van der Waals surface area (Å²) in [5.41, 5.74) is 0.814. The molecule has 2 nitrogen and oxygen atoms in total. The van der Waals surface area contributed by atoms with Gasteiger partial charge < -0.3 is 4.74 Å². The normalized spacial score (nSPS) is 10.3. The molecule has 0 fully saturated rings. The van der Waals surface area contributed by atoms with Crippen LogP contribution in [0.3, 0.4) is 0 Å². The first kappa shape index (κ1) is 12.5. The predicted octanol–water partition coefficient (Wildman–Crippen LogP) is 4.32. The quantitative estimate of drug-likeness (QED) is 0.812. The van der Waals surface area contributed by atoms with Gasteiger partial charge in [-0.05, 0) is 62.2 Å². The molecule has 2 rings (SSSR count). The van der Waals surface area contributed by atoms with Gasteiger partial charge in [-0.2, -0.15) is 0 Å². The van der Waals surface area contributed by atoms with E-state index in [1.807, 2.05) is 12.1 Å². The zero-order chi connectivity index (χ0) is 12.3. The molecule has 1 heterocycles. The second-order valence-electron chi connectivity index (χ2n) is 3.33. The molecule has 2 aromatic rings. The Morgan fingerprint density at radius 1 is 1.18 bits per heavy atom. The molecule has 88 valence electrons. The molecule has 0 aliphatic carbocycles. The van der Waals surface area contributed by atoms with Gasteiger partial charge in [-0.1, -0.05) is 0 Å². The lowest BCUT2D eigenvalue weighted by molar-refractivity contribution is 0.300. The summed E-state index contributed by atoms with van der Waals surface area (Å²) in [5.74, 6) is 0.294. The lowest BCUT2D eigenvalue weighted by atomic mass is 10.3. The average Bonchev–Trinajstić information content (AvgIpc) is 2.33. The molecule has 0 saturated carbocycles. The number of nitrogens with zero attached hydrogens (tertiary/aromatic N) is 1. The van der Waals surface area contributed by atoms with Gasteiger partial charge in [0, 0.05) is 10.7 Å². The van der Waals surface area contributed by atoms with Crippen LogP contribution in [0.15, 0.2) is 45.5 Å². The van der Waals surface area contributed by atoms with Gasteiger partial charge in [-0.15, -0.1) is 0 Å². The average molecular weight is 361 g/mol. The number of benzene rings is 1. The SMILES string of the molecule is Fc1ccc(OCc2ccc(Br)cn2)cc1Br. The van der Waals surface area contributed by atoms with Crippen LogP contribution in [0.4, 0.5) is 4.39 Å². The Morgan fingerprint density at radius 3 is 2.65 bits per heavy atom. The summed E-state index contributed by atoms with van der Waals surface area (Å²) in [4.78, 5) is 4.18. The van der Waals surface area contributed by atoms with Crippen LogP contribution in [0.1, 0.15) is 5.69 Å². The number of halogens is 3. The fourth-order valence-corrected chi connectivity index (χ4v) is 1.81. The van der Waals surface area contributed by atoms with E-state index in [1.165, 1.54) is 6.07 Å². The number of pyridine rings is 1. The fraction of sp³-hybridized carbons (Fsp3) is 0.0833. The maximum atomic E-state index is 13.0. The lowest BCUT2D eigenvalue weighted by Crippen LogP contribution is -1.97. The smallest absolute Gasteiger partial charge is 0.137 e. The van der Waals surface area contributed by atoms with E-state index < -0.39 is 0 Å². The Bertz CT molecular complexity index is 516. The molecule has 5 heteroatoms. The summed E-state index contributed by atoms with van der Waals surface area (Å²) in [6.07, 6.45) is 1.71. The standard InChI is InChI=1S/C12H8Br2FNO/c13-8-1-2-9(16-6-8)7-17-10-3-4-12(15)11(14)5-10/h1-6H,7H2. The first-order chi connectivity index (χ1) is 8.15. The third-order valence-electron chi connectivity index (χ3n) is 2.07. The van der Waals surface area contributed by atoms with Crippen LogP contribution < -0.4 is 4.74 Å². The number of aromatic nitrogens is 1. The van der Waals surface area contributed by atoms with Crippen molar-refractivity contribution in [3.05, 3.63) is 57.0 Å². The monoisotopic (exact) mass is 359 g/mol. The van der Waals surface area contributed by atoms with Gasteiger partial charge in [-0.25, -0.2) is 4.39 Å². The molecular weight excluding hydrogens is 353 g/mol. The third kappa shape index (κ3) is 3.51. The van der Waals surface area contributed by atoms with Crippen LogP contribution in [-0.2, 0) is 6.61 Å². The maximum absolute atomic E-state index is 13.0. The summed E-state index contributed by atoms with van der Waals surface area (Å²) in [6, 6.07) is 8.29. The van der Waals surface area contributed by atoms with Crippen LogP contribution in [0.25, 0.3) is 0 Å². The van der Waals surface area contributed by atoms with Crippen molar-refractivity contribution in [2.45, 2.75) is 6.61 Å². The van der Waals surface area contributed by atoms with Crippen molar-refractivity contribution in [2.75, 3.05) is 0 Å². The molecule has 0 N–H and O–H groups in total. The molecule has 0 bridgehead atoms. The molecule has 0 radical (unpaired) electrons.